The van der Waals surface area contributed by atoms with Crippen LogP contribution in [0.5, 0.6) is 11.5 Å². The van der Waals surface area contributed by atoms with Gasteiger partial charge in [-0.25, -0.2) is 0 Å². The summed E-state index contributed by atoms with van der Waals surface area (Å²) in [4.78, 5) is 0. The van der Waals surface area contributed by atoms with Gasteiger partial charge in [0.05, 0.1) is 19.8 Å². The SMILES string of the molecule is C#Cc1c[c]cc(OC)c1OC. The van der Waals surface area contributed by atoms with E-state index >= 15 is 0 Å². The van der Waals surface area contributed by atoms with Crippen LogP contribution < -0.4 is 9.47 Å². The van der Waals surface area contributed by atoms with E-state index in [0.717, 1.165) is 0 Å². The third kappa shape index (κ3) is 1.35. The van der Waals surface area contributed by atoms with Crippen molar-refractivity contribution in [3.05, 3.63) is 23.8 Å². The number of terminal acetylenes is 1. The normalized spacial score (nSPS) is 8.75. The minimum Gasteiger partial charge on any atom is -0.493 e. The molecular weight excluding hydrogens is 152 g/mol. The predicted molar refractivity (Wildman–Crippen MR) is 46.3 cm³/mol. The van der Waals surface area contributed by atoms with E-state index in [4.69, 9.17) is 15.9 Å². The maximum Gasteiger partial charge on any atom is 0.176 e. The summed E-state index contributed by atoms with van der Waals surface area (Å²) in [6.07, 6.45) is 5.24. The molecule has 0 spiro atoms. The van der Waals surface area contributed by atoms with E-state index in [0.29, 0.717) is 17.1 Å². The Balaban J connectivity index is 3.24. The molecule has 0 saturated heterocycles. The molecule has 12 heavy (non-hydrogen) atoms. The molecule has 1 aromatic carbocycles. The molecule has 1 aromatic rings. The Morgan fingerprint density at radius 3 is 2.58 bits per heavy atom. The highest BCUT2D eigenvalue weighted by molar-refractivity contribution is 5.53. The Kier molecular flexibility index (Phi) is 2.60. The number of rotatable bonds is 2. The molecule has 0 fully saturated rings. The van der Waals surface area contributed by atoms with Crippen molar-refractivity contribution in [3.8, 4) is 23.8 Å². The third-order valence-electron chi connectivity index (χ3n) is 1.49. The van der Waals surface area contributed by atoms with E-state index in [9.17, 15) is 0 Å². The molecule has 2 heteroatoms. The third-order valence-corrected chi connectivity index (χ3v) is 1.49. The van der Waals surface area contributed by atoms with Crippen LogP contribution in [0.4, 0.5) is 0 Å². The van der Waals surface area contributed by atoms with Crippen LogP contribution in [-0.4, -0.2) is 14.2 Å². The van der Waals surface area contributed by atoms with Crippen LogP contribution >= 0.6 is 0 Å². The summed E-state index contributed by atoms with van der Waals surface area (Å²) < 4.78 is 10.1. The summed E-state index contributed by atoms with van der Waals surface area (Å²) in [7, 11) is 3.12. The molecule has 0 bridgehead atoms. The van der Waals surface area contributed by atoms with Crippen LogP contribution in [0.15, 0.2) is 12.1 Å². The zero-order valence-corrected chi connectivity index (χ0v) is 7.05. The van der Waals surface area contributed by atoms with Gasteiger partial charge in [0.2, 0.25) is 0 Å². The average Bonchev–Trinajstić information content (AvgIpc) is 2.16. The summed E-state index contributed by atoms with van der Waals surface area (Å²) in [5.41, 5.74) is 0.650. The Morgan fingerprint density at radius 1 is 1.33 bits per heavy atom. The second-order valence-corrected chi connectivity index (χ2v) is 2.11. The molecule has 0 amide bonds. The number of hydrogen-bond acceptors (Lipinski definition) is 2. The summed E-state index contributed by atoms with van der Waals surface area (Å²) in [5, 5.41) is 0. The van der Waals surface area contributed by atoms with Gasteiger partial charge in [-0.15, -0.1) is 6.42 Å². The van der Waals surface area contributed by atoms with Gasteiger partial charge in [0.25, 0.3) is 0 Å². The van der Waals surface area contributed by atoms with Gasteiger partial charge in [0, 0.05) is 0 Å². The lowest BCUT2D eigenvalue weighted by Gasteiger charge is -2.07. The molecular formula is C10H9O2. The maximum atomic E-state index is 5.24. The van der Waals surface area contributed by atoms with Crippen molar-refractivity contribution in [1.82, 2.24) is 0 Å². The van der Waals surface area contributed by atoms with Gasteiger partial charge < -0.3 is 9.47 Å². The molecule has 0 atom stereocenters. The molecule has 0 N–H and O–H groups in total. The lowest BCUT2D eigenvalue weighted by Crippen LogP contribution is -1.92. The summed E-state index contributed by atoms with van der Waals surface area (Å²) in [6, 6.07) is 6.22. The van der Waals surface area contributed by atoms with Crippen molar-refractivity contribution in [3.63, 3.8) is 0 Å². The number of ether oxygens (including phenoxy) is 2. The topological polar surface area (TPSA) is 18.5 Å². The Bertz CT molecular complexity index is 310. The van der Waals surface area contributed by atoms with Gasteiger partial charge in [-0.05, 0) is 18.2 Å². The second-order valence-electron chi connectivity index (χ2n) is 2.11. The van der Waals surface area contributed by atoms with E-state index in [1.54, 1.807) is 26.4 Å². The molecule has 0 heterocycles. The lowest BCUT2D eigenvalue weighted by molar-refractivity contribution is 0.354. The minimum absolute atomic E-state index is 0.582. The number of benzene rings is 1. The zero-order valence-electron chi connectivity index (χ0n) is 7.05. The monoisotopic (exact) mass is 161 g/mol. The van der Waals surface area contributed by atoms with Crippen LogP contribution in [0.1, 0.15) is 5.56 Å². The Labute approximate surface area is 72.1 Å². The molecule has 0 unspecified atom stereocenters. The van der Waals surface area contributed by atoms with Gasteiger partial charge in [-0.2, -0.15) is 0 Å². The van der Waals surface area contributed by atoms with Crippen molar-refractivity contribution in [1.29, 1.82) is 0 Å². The van der Waals surface area contributed by atoms with E-state index < -0.39 is 0 Å². The van der Waals surface area contributed by atoms with Crippen LogP contribution in [0.25, 0.3) is 0 Å². The Hall–Kier alpha value is -1.62. The first-order valence-electron chi connectivity index (χ1n) is 3.42. The van der Waals surface area contributed by atoms with E-state index in [1.807, 2.05) is 0 Å². The van der Waals surface area contributed by atoms with Crippen molar-refractivity contribution in [2.24, 2.45) is 0 Å². The standard InChI is InChI=1S/C10H9O2/c1-4-8-6-5-7-9(11-2)10(8)12-3/h1,6-7H,2-3H3. The zero-order chi connectivity index (χ0) is 8.97. The quantitative estimate of drug-likeness (QED) is 0.612. The van der Waals surface area contributed by atoms with Crippen LogP contribution in [-0.2, 0) is 0 Å². The largest absolute Gasteiger partial charge is 0.493 e. The van der Waals surface area contributed by atoms with Crippen molar-refractivity contribution >= 4 is 0 Å². The van der Waals surface area contributed by atoms with Gasteiger partial charge >= 0.3 is 0 Å². The number of hydrogen-bond donors (Lipinski definition) is 0. The molecule has 61 valence electrons. The first-order valence-corrected chi connectivity index (χ1v) is 3.42. The van der Waals surface area contributed by atoms with Crippen molar-refractivity contribution in [2.45, 2.75) is 0 Å². The van der Waals surface area contributed by atoms with Crippen LogP contribution in [0.3, 0.4) is 0 Å². The van der Waals surface area contributed by atoms with Gasteiger partial charge in [-0.1, -0.05) is 5.92 Å². The molecule has 2 nitrogen and oxygen atoms in total. The van der Waals surface area contributed by atoms with E-state index in [-0.39, 0.29) is 0 Å². The smallest absolute Gasteiger partial charge is 0.176 e. The summed E-state index contributed by atoms with van der Waals surface area (Å²) in [6.45, 7) is 0. The molecule has 0 aromatic heterocycles. The van der Waals surface area contributed by atoms with Gasteiger partial charge in [0.15, 0.2) is 11.5 Å². The highest BCUT2D eigenvalue weighted by Gasteiger charge is 2.06. The maximum absolute atomic E-state index is 5.24. The molecule has 0 saturated carbocycles. The highest BCUT2D eigenvalue weighted by atomic mass is 16.5. The first kappa shape index (κ1) is 8.48. The minimum atomic E-state index is 0.582. The second kappa shape index (κ2) is 3.68. The van der Waals surface area contributed by atoms with Crippen LogP contribution in [0, 0.1) is 18.4 Å². The summed E-state index contributed by atoms with van der Waals surface area (Å²) in [5.74, 6) is 3.67. The molecule has 1 radical (unpaired) electrons. The highest BCUT2D eigenvalue weighted by Crippen LogP contribution is 2.29. The van der Waals surface area contributed by atoms with Gasteiger partial charge in [0.1, 0.15) is 0 Å². The number of methoxy groups -OCH3 is 2. The van der Waals surface area contributed by atoms with Gasteiger partial charge in [-0.3, -0.25) is 0 Å². The van der Waals surface area contributed by atoms with E-state index in [2.05, 4.69) is 12.0 Å². The van der Waals surface area contributed by atoms with E-state index in [1.165, 1.54) is 0 Å². The average molecular weight is 161 g/mol. The first-order chi connectivity index (χ1) is 5.83. The molecule has 0 aliphatic heterocycles. The van der Waals surface area contributed by atoms with Crippen molar-refractivity contribution in [2.75, 3.05) is 14.2 Å². The molecule has 0 aliphatic rings. The molecule has 0 aliphatic carbocycles. The predicted octanol–water partition coefficient (Wildman–Crippen LogP) is 1.49. The fourth-order valence-corrected chi connectivity index (χ4v) is 0.934. The summed E-state index contributed by atoms with van der Waals surface area (Å²) >= 11 is 0. The van der Waals surface area contributed by atoms with Crippen molar-refractivity contribution < 1.29 is 9.47 Å². The van der Waals surface area contributed by atoms with Crippen LogP contribution in [0.2, 0.25) is 0 Å². The lowest BCUT2D eigenvalue weighted by atomic mass is 10.2. The Morgan fingerprint density at radius 2 is 2.08 bits per heavy atom. The fraction of sp³-hybridized carbons (Fsp3) is 0.200. The fourth-order valence-electron chi connectivity index (χ4n) is 0.934. The molecule has 1 rings (SSSR count).